The Hall–Kier alpha value is -4.17. The Balaban J connectivity index is 1.34. The van der Waals surface area contributed by atoms with Crippen LogP contribution in [0.1, 0.15) is 74.6 Å². The number of aromatic nitrogens is 1. The van der Waals surface area contributed by atoms with Crippen molar-refractivity contribution >= 4 is 35.1 Å². The van der Waals surface area contributed by atoms with Crippen LogP contribution in [-0.2, 0) is 4.79 Å². The molecule has 2 aromatic carbocycles. The van der Waals surface area contributed by atoms with Crippen molar-refractivity contribution in [2.75, 3.05) is 31.5 Å². The van der Waals surface area contributed by atoms with Gasteiger partial charge in [-0.1, -0.05) is 30.3 Å². The number of nitrogens with zero attached hydrogens (tertiary/aromatic N) is 1. The molecule has 2 aliphatic rings. The fraction of sp³-hybridized carbons (Fsp3) is 0.323. The van der Waals surface area contributed by atoms with E-state index < -0.39 is 0 Å². The molecule has 39 heavy (non-hydrogen) atoms. The van der Waals surface area contributed by atoms with E-state index in [1.165, 1.54) is 12.8 Å². The molecular weight excluding hydrogens is 490 g/mol. The fourth-order valence-corrected chi connectivity index (χ4v) is 5.40. The summed E-state index contributed by atoms with van der Waals surface area (Å²) in [5.74, 6) is -0.580. The van der Waals surface area contributed by atoms with Gasteiger partial charge in [0.25, 0.3) is 17.7 Å². The monoisotopic (exact) mass is 525 g/mol. The highest BCUT2D eigenvalue weighted by Gasteiger charge is 2.27. The van der Waals surface area contributed by atoms with Gasteiger partial charge in [-0.05, 0) is 82.1 Å². The van der Waals surface area contributed by atoms with Crippen molar-refractivity contribution in [2.45, 2.75) is 39.7 Å². The molecule has 8 heteroatoms. The quantitative estimate of drug-likeness (QED) is 0.326. The summed E-state index contributed by atoms with van der Waals surface area (Å²) in [4.78, 5) is 44.6. The molecule has 202 valence electrons. The third-order valence-electron chi connectivity index (χ3n) is 7.62. The zero-order chi connectivity index (χ0) is 27.5. The number of benzene rings is 2. The van der Waals surface area contributed by atoms with Gasteiger partial charge in [-0.15, -0.1) is 0 Å². The molecule has 1 fully saturated rings. The summed E-state index contributed by atoms with van der Waals surface area (Å²) in [6.07, 6.45) is 4.20. The van der Waals surface area contributed by atoms with E-state index in [-0.39, 0.29) is 23.8 Å². The van der Waals surface area contributed by atoms with E-state index in [4.69, 9.17) is 0 Å². The van der Waals surface area contributed by atoms with Crippen molar-refractivity contribution in [3.05, 3.63) is 87.7 Å². The third-order valence-corrected chi connectivity index (χ3v) is 7.62. The minimum absolute atomic E-state index is 0.118. The molecular formula is C31H35N5O3. The van der Waals surface area contributed by atoms with E-state index in [1.807, 2.05) is 51.1 Å². The number of carbonyl (C=O) groups excluding carboxylic acids is 3. The summed E-state index contributed by atoms with van der Waals surface area (Å²) >= 11 is 0. The first-order chi connectivity index (χ1) is 18.8. The average Bonchev–Trinajstić information content (AvgIpc) is 3.62. The van der Waals surface area contributed by atoms with Crippen LogP contribution in [0, 0.1) is 13.8 Å². The van der Waals surface area contributed by atoms with Gasteiger partial charge in [0.05, 0.1) is 17.2 Å². The first-order valence-electron chi connectivity index (χ1n) is 13.5. The van der Waals surface area contributed by atoms with Gasteiger partial charge in [0.15, 0.2) is 0 Å². The van der Waals surface area contributed by atoms with Gasteiger partial charge in [0.1, 0.15) is 0 Å². The number of carbonyl (C=O) groups is 3. The maximum atomic E-state index is 13.0. The summed E-state index contributed by atoms with van der Waals surface area (Å²) in [6, 6.07) is 14.8. The number of nitrogens with one attached hydrogen (secondary N) is 4. The molecule has 3 aromatic rings. The molecule has 2 aliphatic heterocycles. The van der Waals surface area contributed by atoms with Gasteiger partial charge in [-0.25, -0.2) is 0 Å². The van der Waals surface area contributed by atoms with Crippen molar-refractivity contribution < 1.29 is 14.4 Å². The van der Waals surface area contributed by atoms with Crippen LogP contribution in [0.15, 0.2) is 48.5 Å². The standard InChI is InChI=1S/C31H35N5O3/c1-19-27(33-21(3)28(19)31(39)32-13-16-36-14-7-8-15-36)18-25-24-17-23(11-12-26(24)35-30(25)38)29(37)34-20(2)22-9-5-4-6-10-22/h4-6,9-12,17-18,20,33H,7-8,13-16H2,1-3H3,(H,32,39)(H,34,37)(H,35,38)/b25-18-/t20-/m1/s1. The maximum absolute atomic E-state index is 13.0. The largest absolute Gasteiger partial charge is 0.358 e. The summed E-state index contributed by atoms with van der Waals surface area (Å²) in [5.41, 5.74) is 6.07. The maximum Gasteiger partial charge on any atom is 0.256 e. The number of hydrogen-bond acceptors (Lipinski definition) is 4. The normalized spacial score (nSPS) is 16.7. The minimum Gasteiger partial charge on any atom is -0.358 e. The molecule has 1 saturated heterocycles. The molecule has 1 aromatic heterocycles. The molecule has 5 rings (SSSR count). The van der Waals surface area contributed by atoms with E-state index in [1.54, 1.807) is 24.3 Å². The number of hydrogen-bond donors (Lipinski definition) is 4. The minimum atomic E-state index is -0.247. The molecule has 0 radical (unpaired) electrons. The predicted octanol–water partition coefficient (Wildman–Crippen LogP) is 4.44. The van der Waals surface area contributed by atoms with Crippen LogP contribution in [0.4, 0.5) is 5.69 Å². The number of rotatable bonds is 8. The van der Waals surface area contributed by atoms with E-state index in [9.17, 15) is 14.4 Å². The SMILES string of the molecule is Cc1[nH]c(/C=C2\C(=O)Nc3ccc(C(=O)N[C@H](C)c4ccccc4)cc32)c(C)c1C(=O)NCCN1CCCC1. The molecule has 8 nitrogen and oxygen atoms in total. The van der Waals surface area contributed by atoms with Crippen molar-refractivity contribution in [1.29, 1.82) is 0 Å². The van der Waals surface area contributed by atoms with Crippen LogP contribution in [-0.4, -0.2) is 53.8 Å². The molecule has 3 heterocycles. The van der Waals surface area contributed by atoms with Crippen LogP contribution in [0.2, 0.25) is 0 Å². The number of aryl methyl sites for hydroxylation is 1. The first kappa shape index (κ1) is 26.4. The van der Waals surface area contributed by atoms with Crippen LogP contribution in [0.25, 0.3) is 11.6 Å². The lowest BCUT2D eigenvalue weighted by molar-refractivity contribution is -0.110. The lowest BCUT2D eigenvalue weighted by Gasteiger charge is -2.15. The van der Waals surface area contributed by atoms with Crippen molar-refractivity contribution in [3.63, 3.8) is 0 Å². The van der Waals surface area contributed by atoms with Crippen LogP contribution < -0.4 is 16.0 Å². The van der Waals surface area contributed by atoms with Crippen molar-refractivity contribution in [2.24, 2.45) is 0 Å². The van der Waals surface area contributed by atoms with E-state index in [2.05, 4.69) is 25.8 Å². The van der Waals surface area contributed by atoms with E-state index in [0.717, 1.165) is 36.5 Å². The number of fused-ring (bicyclic) bond motifs is 1. The Morgan fingerprint density at radius 1 is 1.05 bits per heavy atom. The highest BCUT2D eigenvalue weighted by atomic mass is 16.2. The Morgan fingerprint density at radius 2 is 1.79 bits per heavy atom. The lowest BCUT2D eigenvalue weighted by Crippen LogP contribution is -2.33. The van der Waals surface area contributed by atoms with Crippen LogP contribution in [0.5, 0.6) is 0 Å². The Morgan fingerprint density at radius 3 is 2.54 bits per heavy atom. The van der Waals surface area contributed by atoms with Crippen LogP contribution >= 0.6 is 0 Å². The Kier molecular flexibility index (Phi) is 7.65. The summed E-state index contributed by atoms with van der Waals surface area (Å²) in [6.45, 7) is 9.32. The Labute approximate surface area is 228 Å². The highest BCUT2D eigenvalue weighted by Crippen LogP contribution is 2.35. The van der Waals surface area contributed by atoms with E-state index >= 15 is 0 Å². The van der Waals surface area contributed by atoms with E-state index in [0.29, 0.717) is 40.2 Å². The molecule has 0 unspecified atom stereocenters. The highest BCUT2D eigenvalue weighted by molar-refractivity contribution is 6.35. The van der Waals surface area contributed by atoms with Gasteiger partial charge >= 0.3 is 0 Å². The molecule has 3 amide bonds. The van der Waals surface area contributed by atoms with Gasteiger partial charge < -0.3 is 25.8 Å². The summed E-state index contributed by atoms with van der Waals surface area (Å²) in [5, 5.41) is 8.95. The molecule has 0 bridgehead atoms. The second-order valence-corrected chi connectivity index (χ2v) is 10.3. The number of H-pyrrole nitrogens is 1. The number of amides is 3. The van der Waals surface area contributed by atoms with Gasteiger partial charge in [0, 0.05) is 41.3 Å². The zero-order valence-corrected chi connectivity index (χ0v) is 22.7. The van der Waals surface area contributed by atoms with Gasteiger partial charge in [-0.3, -0.25) is 14.4 Å². The second-order valence-electron chi connectivity index (χ2n) is 10.3. The third kappa shape index (κ3) is 5.66. The molecule has 1 atom stereocenters. The lowest BCUT2D eigenvalue weighted by atomic mass is 10.0. The number of aromatic amines is 1. The number of anilines is 1. The average molecular weight is 526 g/mol. The first-order valence-corrected chi connectivity index (χ1v) is 13.5. The fourth-order valence-electron chi connectivity index (χ4n) is 5.40. The topological polar surface area (TPSA) is 106 Å². The smallest absolute Gasteiger partial charge is 0.256 e. The zero-order valence-electron chi connectivity index (χ0n) is 22.7. The molecule has 4 N–H and O–H groups in total. The second kappa shape index (κ2) is 11.3. The molecule has 0 spiro atoms. The molecule has 0 aliphatic carbocycles. The summed E-state index contributed by atoms with van der Waals surface area (Å²) < 4.78 is 0. The predicted molar refractivity (Wildman–Crippen MR) is 154 cm³/mol. The van der Waals surface area contributed by atoms with Crippen molar-refractivity contribution in [1.82, 2.24) is 20.5 Å². The molecule has 0 saturated carbocycles. The van der Waals surface area contributed by atoms with Gasteiger partial charge in [-0.2, -0.15) is 0 Å². The van der Waals surface area contributed by atoms with Crippen LogP contribution in [0.3, 0.4) is 0 Å². The number of likely N-dealkylation sites (tertiary alicyclic amines) is 1. The summed E-state index contributed by atoms with van der Waals surface area (Å²) in [7, 11) is 0. The van der Waals surface area contributed by atoms with Gasteiger partial charge in [0.2, 0.25) is 0 Å². The Bertz CT molecular complexity index is 1430. The van der Waals surface area contributed by atoms with Crippen molar-refractivity contribution in [3.8, 4) is 0 Å².